The third-order valence-electron chi connectivity index (χ3n) is 4.13. The highest BCUT2D eigenvalue weighted by molar-refractivity contribution is 5.92. The number of alkyl halides is 2. The Morgan fingerprint density at radius 2 is 2.00 bits per heavy atom. The van der Waals surface area contributed by atoms with Crippen LogP contribution in [0.1, 0.15) is 23.0 Å². The predicted octanol–water partition coefficient (Wildman–Crippen LogP) is 4.08. The van der Waals surface area contributed by atoms with Crippen molar-refractivity contribution < 1.29 is 22.7 Å². The van der Waals surface area contributed by atoms with Gasteiger partial charge in [0.05, 0.1) is 0 Å². The molecule has 0 aliphatic rings. The van der Waals surface area contributed by atoms with Gasteiger partial charge in [0.15, 0.2) is 0 Å². The van der Waals surface area contributed by atoms with E-state index in [0.29, 0.717) is 17.0 Å². The topological polar surface area (TPSA) is 56.2 Å². The van der Waals surface area contributed by atoms with Gasteiger partial charge in [-0.25, -0.2) is 9.37 Å². The molecule has 0 fully saturated rings. The highest BCUT2D eigenvalue weighted by Crippen LogP contribution is 2.23. The Labute approximate surface area is 165 Å². The van der Waals surface area contributed by atoms with Crippen molar-refractivity contribution in [1.82, 2.24) is 14.9 Å². The minimum atomic E-state index is -2.97. The third kappa shape index (κ3) is 5.25. The van der Waals surface area contributed by atoms with Crippen molar-refractivity contribution in [3.05, 3.63) is 89.8 Å². The summed E-state index contributed by atoms with van der Waals surface area (Å²) in [4.78, 5) is 16.7. The van der Waals surface area contributed by atoms with Crippen LogP contribution in [-0.2, 0) is 11.8 Å². The second kappa shape index (κ2) is 9.09. The van der Waals surface area contributed by atoms with Crippen molar-refractivity contribution in [2.45, 2.75) is 12.7 Å². The van der Waals surface area contributed by atoms with E-state index in [1.807, 2.05) is 0 Å². The number of benzene rings is 2. The molecule has 0 spiro atoms. The van der Waals surface area contributed by atoms with E-state index in [-0.39, 0.29) is 5.75 Å². The van der Waals surface area contributed by atoms with E-state index in [9.17, 15) is 18.0 Å². The van der Waals surface area contributed by atoms with Crippen LogP contribution in [0.25, 0.3) is 6.08 Å². The van der Waals surface area contributed by atoms with Crippen LogP contribution in [0, 0.1) is 5.82 Å². The lowest BCUT2D eigenvalue weighted by Gasteiger charge is -2.18. The number of hydrogen-bond acceptors (Lipinski definition) is 3. The van der Waals surface area contributed by atoms with Crippen molar-refractivity contribution in [2.75, 3.05) is 0 Å². The molecule has 150 valence electrons. The molecule has 1 atom stereocenters. The number of nitrogens with one attached hydrogen (secondary N) is 1. The number of rotatable bonds is 7. The van der Waals surface area contributed by atoms with Crippen molar-refractivity contribution >= 4 is 12.0 Å². The molecular weight excluding hydrogens is 383 g/mol. The molecule has 1 aromatic heterocycles. The number of ether oxygens (including phenoxy) is 1. The molecule has 0 aliphatic carbocycles. The molecule has 0 aliphatic heterocycles. The van der Waals surface area contributed by atoms with Gasteiger partial charge in [-0.05, 0) is 29.8 Å². The Morgan fingerprint density at radius 3 is 2.69 bits per heavy atom. The smallest absolute Gasteiger partial charge is 0.387 e. The molecule has 2 aromatic carbocycles. The number of halogens is 3. The van der Waals surface area contributed by atoms with Crippen molar-refractivity contribution in [2.24, 2.45) is 7.05 Å². The molecule has 0 bridgehead atoms. The van der Waals surface area contributed by atoms with Gasteiger partial charge >= 0.3 is 6.61 Å². The Balaban J connectivity index is 1.83. The van der Waals surface area contributed by atoms with E-state index in [1.54, 1.807) is 54.3 Å². The van der Waals surface area contributed by atoms with Crippen LogP contribution in [0.2, 0.25) is 0 Å². The maximum Gasteiger partial charge on any atom is 0.387 e. The van der Waals surface area contributed by atoms with Crippen LogP contribution in [0.4, 0.5) is 13.2 Å². The second-order valence-electron chi connectivity index (χ2n) is 6.14. The first-order valence-corrected chi connectivity index (χ1v) is 8.69. The molecule has 1 amide bonds. The molecule has 0 saturated carbocycles. The zero-order valence-corrected chi connectivity index (χ0v) is 15.4. The molecule has 1 unspecified atom stereocenters. The molecule has 3 aromatic rings. The number of para-hydroxylation sites is 1. The summed E-state index contributed by atoms with van der Waals surface area (Å²) in [5.41, 5.74) is 0.838. The van der Waals surface area contributed by atoms with E-state index in [0.717, 1.165) is 0 Å². The number of amides is 1. The normalized spacial score (nSPS) is 12.3. The van der Waals surface area contributed by atoms with E-state index < -0.39 is 24.4 Å². The zero-order valence-electron chi connectivity index (χ0n) is 15.4. The van der Waals surface area contributed by atoms with Crippen molar-refractivity contribution in [3.8, 4) is 5.75 Å². The lowest BCUT2D eigenvalue weighted by atomic mass is 10.1. The number of nitrogens with zero attached hydrogens (tertiary/aromatic N) is 2. The lowest BCUT2D eigenvalue weighted by Crippen LogP contribution is -2.29. The van der Waals surface area contributed by atoms with Gasteiger partial charge < -0.3 is 14.6 Å². The number of imidazole rings is 1. The Hall–Kier alpha value is -3.55. The molecular formula is C21H18F3N3O2. The van der Waals surface area contributed by atoms with Gasteiger partial charge in [-0.3, -0.25) is 4.79 Å². The fourth-order valence-corrected chi connectivity index (χ4v) is 2.82. The Morgan fingerprint density at radius 1 is 1.21 bits per heavy atom. The summed E-state index contributed by atoms with van der Waals surface area (Å²) in [5, 5.41) is 2.77. The predicted molar refractivity (Wildman–Crippen MR) is 102 cm³/mol. The van der Waals surface area contributed by atoms with Gasteiger partial charge in [-0.2, -0.15) is 8.78 Å². The molecule has 1 N–H and O–H groups in total. The van der Waals surface area contributed by atoms with Gasteiger partial charge in [-0.1, -0.05) is 30.3 Å². The number of aryl methyl sites for hydroxylation is 1. The average molecular weight is 401 g/mol. The molecule has 8 heteroatoms. The zero-order chi connectivity index (χ0) is 20.8. The lowest BCUT2D eigenvalue weighted by molar-refractivity contribution is -0.117. The molecule has 1 heterocycles. The van der Waals surface area contributed by atoms with Gasteiger partial charge in [-0.15, -0.1) is 0 Å². The fraction of sp³-hybridized carbons (Fsp3) is 0.143. The standard InChI is InChI=1S/C21H18F3N3O2/c1-27-12-11-25-20(27)19(15-6-4-7-16(22)13-15)26-18(28)10-9-14-5-2-3-8-17(14)29-21(23)24/h2-13,19,21H,1H3,(H,26,28)/b10-9+. The number of carbonyl (C=O) groups is 1. The van der Waals surface area contributed by atoms with Crippen LogP contribution in [0.5, 0.6) is 5.75 Å². The monoisotopic (exact) mass is 401 g/mol. The minimum absolute atomic E-state index is 0.0441. The molecule has 29 heavy (non-hydrogen) atoms. The van der Waals surface area contributed by atoms with E-state index in [4.69, 9.17) is 0 Å². The average Bonchev–Trinajstić information content (AvgIpc) is 3.10. The summed E-state index contributed by atoms with van der Waals surface area (Å²) in [6, 6.07) is 11.3. The molecule has 0 radical (unpaired) electrons. The quantitative estimate of drug-likeness (QED) is 0.607. The van der Waals surface area contributed by atoms with E-state index >= 15 is 0 Å². The van der Waals surface area contributed by atoms with Crippen molar-refractivity contribution in [3.63, 3.8) is 0 Å². The van der Waals surface area contributed by atoms with E-state index in [1.165, 1.54) is 30.4 Å². The van der Waals surface area contributed by atoms with Gasteiger partial charge in [0.25, 0.3) is 0 Å². The Kier molecular flexibility index (Phi) is 6.33. The van der Waals surface area contributed by atoms with Crippen LogP contribution in [0.15, 0.2) is 67.0 Å². The first kappa shape index (κ1) is 20.2. The van der Waals surface area contributed by atoms with Crippen LogP contribution >= 0.6 is 0 Å². The van der Waals surface area contributed by atoms with Crippen LogP contribution < -0.4 is 10.1 Å². The molecule has 3 rings (SSSR count). The van der Waals surface area contributed by atoms with Gasteiger partial charge in [0, 0.05) is 31.1 Å². The Bertz CT molecular complexity index is 1020. The SMILES string of the molecule is Cn1ccnc1C(NC(=O)/C=C/c1ccccc1OC(F)F)c1cccc(F)c1. The summed E-state index contributed by atoms with van der Waals surface area (Å²) in [5.74, 6) is -0.477. The highest BCUT2D eigenvalue weighted by Gasteiger charge is 2.20. The van der Waals surface area contributed by atoms with Gasteiger partial charge in [0.2, 0.25) is 5.91 Å². The number of aromatic nitrogens is 2. The number of carbonyl (C=O) groups excluding carboxylic acids is 1. The fourth-order valence-electron chi connectivity index (χ4n) is 2.82. The third-order valence-corrected chi connectivity index (χ3v) is 4.13. The first-order chi connectivity index (χ1) is 13.9. The highest BCUT2D eigenvalue weighted by atomic mass is 19.3. The molecule has 5 nitrogen and oxygen atoms in total. The summed E-state index contributed by atoms with van der Waals surface area (Å²) in [6.45, 7) is -2.97. The van der Waals surface area contributed by atoms with Gasteiger partial charge in [0.1, 0.15) is 23.4 Å². The maximum absolute atomic E-state index is 13.7. The first-order valence-electron chi connectivity index (χ1n) is 8.69. The summed E-state index contributed by atoms with van der Waals surface area (Å²) in [6.07, 6.45) is 5.85. The van der Waals surface area contributed by atoms with Crippen molar-refractivity contribution in [1.29, 1.82) is 0 Å². The number of hydrogen-bond donors (Lipinski definition) is 1. The largest absolute Gasteiger partial charge is 0.434 e. The summed E-state index contributed by atoms with van der Waals surface area (Å²) in [7, 11) is 1.76. The summed E-state index contributed by atoms with van der Waals surface area (Å²) >= 11 is 0. The maximum atomic E-state index is 13.7. The summed E-state index contributed by atoms with van der Waals surface area (Å²) < 4.78 is 44.9. The van der Waals surface area contributed by atoms with E-state index in [2.05, 4.69) is 15.0 Å². The molecule has 0 saturated heterocycles. The minimum Gasteiger partial charge on any atom is -0.434 e. The van der Waals surface area contributed by atoms with Crippen LogP contribution in [0.3, 0.4) is 0 Å². The second-order valence-corrected chi connectivity index (χ2v) is 6.14. The van der Waals surface area contributed by atoms with Crippen LogP contribution in [-0.4, -0.2) is 22.1 Å².